The van der Waals surface area contributed by atoms with E-state index in [4.69, 9.17) is 0 Å². The SMILES string of the molecule is CC(=O)NC[C@H](O)CNc1ccc2c(c1)cc1[nH]ccn12. The van der Waals surface area contributed by atoms with Crippen LogP contribution in [0.15, 0.2) is 36.7 Å². The second-order valence-electron chi connectivity index (χ2n) is 5.11. The highest BCUT2D eigenvalue weighted by atomic mass is 16.3. The van der Waals surface area contributed by atoms with E-state index in [9.17, 15) is 9.90 Å². The zero-order valence-electron chi connectivity index (χ0n) is 11.8. The number of nitrogens with one attached hydrogen (secondary N) is 3. The number of benzene rings is 1. The topological polar surface area (TPSA) is 81.6 Å². The van der Waals surface area contributed by atoms with Crippen LogP contribution in [0.4, 0.5) is 5.69 Å². The first-order chi connectivity index (χ1) is 10.1. The number of hydrogen-bond acceptors (Lipinski definition) is 3. The van der Waals surface area contributed by atoms with Crippen LogP contribution in [0.5, 0.6) is 0 Å². The van der Waals surface area contributed by atoms with Crippen molar-refractivity contribution in [1.82, 2.24) is 14.7 Å². The van der Waals surface area contributed by atoms with Gasteiger partial charge in [-0.3, -0.25) is 4.79 Å². The highest BCUT2D eigenvalue weighted by molar-refractivity contribution is 5.88. The molecule has 0 aliphatic rings. The third-order valence-corrected chi connectivity index (χ3v) is 3.42. The highest BCUT2D eigenvalue weighted by Crippen LogP contribution is 2.22. The molecule has 0 saturated carbocycles. The Balaban J connectivity index is 1.68. The van der Waals surface area contributed by atoms with Crippen LogP contribution in [0.25, 0.3) is 16.6 Å². The molecule has 1 atom stereocenters. The summed E-state index contributed by atoms with van der Waals surface area (Å²) in [5, 5.41) is 16.7. The molecule has 0 unspecified atom stereocenters. The maximum Gasteiger partial charge on any atom is 0.216 e. The lowest BCUT2D eigenvalue weighted by Gasteiger charge is -2.13. The van der Waals surface area contributed by atoms with E-state index in [1.54, 1.807) is 0 Å². The lowest BCUT2D eigenvalue weighted by atomic mass is 10.2. The van der Waals surface area contributed by atoms with E-state index in [0.29, 0.717) is 6.54 Å². The number of amides is 1. The highest BCUT2D eigenvalue weighted by Gasteiger charge is 2.07. The van der Waals surface area contributed by atoms with E-state index in [0.717, 1.165) is 22.2 Å². The summed E-state index contributed by atoms with van der Waals surface area (Å²) in [5.41, 5.74) is 3.13. The van der Waals surface area contributed by atoms with Crippen molar-refractivity contribution in [3.8, 4) is 0 Å². The Labute approximate surface area is 121 Å². The fraction of sp³-hybridized carbons (Fsp3) is 0.267. The molecule has 0 fully saturated rings. The summed E-state index contributed by atoms with van der Waals surface area (Å²) >= 11 is 0. The molecule has 0 aliphatic heterocycles. The Kier molecular flexibility index (Phi) is 3.53. The average Bonchev–Trinajstić information content (AvgIpc) is 3.02. The van der Waals surface area contributed by atoms with Crippen LogP contribution >= 0.6 is 0 Å². The van der Waals surface area contributed by atoms with Crippen molar-refractivity contribution in [3.63, 3.8) is 0 Å². The van der Waals surface area contributed by atoms with Crippen molar-refractivity contribution < 1.29 is 9.90 Å². The van der Waals surface area contributed by atoms with Gasteiger partial charge in [-0.1, -0.05) is 0 Å². The summed E-state index contributed by atoms with van der Waals surface area (Å²) in [5.74, 6) is -0.139. The zero-order chi connectivity index (χ0) is 14.8. The van der Waals surface area contributed by atoms with Crippen molar-refractivity contribution in [2.75, 3.05) is 18.4 Å². The Morgan fingerprint density at radius 3 is 3.05 bits per heavy atom. The molecule has 4 N–H and O–H groups in total. The van der Waals surface area contributed by atoms with Gasteiger partial charge < -0.3 is 25.1 Å². The summed E-state index contributed by atoms with van der Waals surface area (Å²) in [6.45, 7) is 2.07. The summed E-state index contributed by atoms with van der Waals surface area (Å²) in [4.78, 5) is 13.9. The van der Waals surface area contributed by atoms with Gasteiger partial charge in [-0.05, 0) is 24.3 Å². The Morgan fingerprint density at radius 2 is 2.24 bits per heavy atom. The molecule has 0 bridgehead atoms. The normalized spacial score (nSPS) is 12.7. The number of aliphatic hydroxyl groups is 1. The van der Waals surface area contributed by atoms with Gasteiger partial charge in [0.2, 0.25) is 5.91 Å². The number of nitrogens with zero attached hydrogens (tertiary/aromatic N) is 1. The van der Waals surface area contributed by atoms with Gasteiger partial charge in [0.25, 0.3) is 0 Å². The van der Waals surface area contributed by atoms with Crippen molar-refractivity contribution in [3.05, 3.63) is 36.7 Å². The fourth-order valence-corrected chi connectivity index (χ4v) is 2.38. The largest absolute Gasteiger partial charge is 0.389 e. The third kappa shape index (κ3) is 2.85. The molecule has 2 aromatic heterocycles. The number of rotatable bonds is 5. The lowest BCUT2D eigenvalue weighted by molar-refractivity contribution is -0.119. The fourth-order valence-electron chi connectivity index (χ4n) is 2.38. The molecular weight excluding hydrogens is 268 g/mol. The molecule has 6 nitrogen and oxygen atoms in total. The number of aromatic amines is 1. The quantitative estimate of drug-likeness (QED) is 0.571. The van der Waals surface area contributed by atoms with E-state index in [1.165, 1.54) is 6.92 Å². The third-order valence-electron chi connectivity index (χ3n) is 3.42. The first-order valence-electron chi connectivity index (χ1n) is 6.88. The molecule has 1 amide bonds. The smallest absolute Gasteiger partial charge is 0.216 e. The van der Waals surface area contributed by atoms with Crippen LogP contribution in [0.2, 0.25) is 0 Å². The predicted octanol–water partition coefficient (Wildman–Crippen LogP) is 1.33. The predicted molar refractivity (Wildman–Crippen MR) is 82.4 cm³/mol. The van der Waals surface area contributed by atoms with Gasteiger partial charge in [0, 0.05) is 43.5 Å². The van der Waals surface area contributed by atoms with Gasteiger partial charge in [-0.15, -0.1) is 0 Å². The van der Waals surface area contributed by atoms with Crippen molar-refractivity contribution in [1.29, 1.82) is 0 Å². The molecule has 3 rings (SSSR count). The number of hydrogen-bond donors (Lipinski definition) is 4. The number of anilines is 1. The maximum atomic E-state index is 10.8. The molecule has 0 saturated heterocycles. The minimum Gasteiger partial charge on any atom is -0.389 e. The summed E-state index contributed by atoms with van der Waals surface area (Å²) in [6.07, 6.45) is 3.27. The molecule has 110 valence electrons. The molecular formula is C15H18N4O2. The van der Waals surface area contributed by atoms with Gasteiger partial charge >= 0.3 is 0 Å². The summed E-state index contributed by atoms with van der Waals surface area (Å²) in [7, 11) is 0. The minimum absolute atomic E-state index is 0.139. The van der Waals surface area contributed by atoms with E-state index in [2.05, 4.69) is 26.1 Å². The Bertz CT molecular complexity index is 774. The van der Waals surface area contributed by atoms with E-state index in [1.807, 2.05) is 30.6 Å². The molecule has 1 aromatic carbocycles. The summed E-state index contributed by atoms with van der Waals surface area (Å²) < 4.78 is 2.09. The van der Waals surface area contributed by atoms with Crippen molar-refractivity contribution >= 4 is 28.1 Å². The molecule has 6 heteroatoms. The molecule has 3 aromatic rings. The number of H-pyrrole nitrogens is 1. The molecule has 0 spiro atoms. The van der Waals surface area contributed by atoms with Crippen LogP contribution in [0.1, 0.15) is 6.92 Å². The van der Waals surface area contributed by atoms with Crippen LogP contribution < -0.4 is 10.6 Å². The van der Waals surface area contributed by atoms with Gasteiger partial charge in [0.15, 0.2) is 0 Å². The van der Waals surface area contributed by atoms with Crippen molar-refractivity contribution in [2.24, 2.45) is 0 Å². The van der Waals surface area contributed by atoms with Gasteiger partial charge in [0.1, 0.15) is 5.65 Å². The first kappa shape index (κ1) is 13.5. The molecule has 0 radical (unpaired) electrons. The van der Waals surface area contributed by atoms with E-state index < -0.39 is 6.10 Å². The monoisotopic (exact) mass is 286 g/mol. The van der Waals surface area contributed by atoms with Crippen molar-refractivity contribution in [2.45, 2.75) is 13.0 Å². The molecule has 0 aliphatic carbocycles. The number of aromatic nitrogens is 2. The summed E-state index contributed by atoms with van der Waals surface area (Å²) in [6, 6.07) is 8.14. The number of imidazole rings is 1. The van der Waals surface area contributed by atoms with Gasteiger partial charge in [-0.25, -0.2) is 0 Å². The van der Waals surface area contributed by atoms with Crippen LogP contribution in [-0.4, -0.2) is 39.6 Å². The number of aliphatic hydroxyl groups excluding tert-OH is 1. The van der Waals surface area contributed by atoms with Crippen LogP contribution in [-0.2, 0) is 4.79 Å². The van der Waals surface area contributed by atoms with Gasteiger partial charge in [0.05, 0.1) is 11.6 Å². The number of carbonyl (C=O) groups is 1. The maximum absolute atomic E-state index is 10.8. The zero-order valence-corrected chi connectivity index (χ0v) is 11.8. The lowest BCUT2D eigenvalue weighted by Crippen LogP contribution is -2.34. The Morgan fingerprint density at radius 1 is 1.38 bits per heavy atom. The first-order valence-corrected chi connectivity index (χ1v) is 6.88. The van der Waals surface area contributed by atoms with Crippen LogP contribution in [0, 0.1) is 0 Å². The number of fused-ring (bicyclic) bond motifs is 3. The second kappa shape index (κ2) is 5.49. The number of carbonyl (C=O) groups excluding carboxylic acids is 1. The minimum atomic E-state index is -0.617. The van der Waals surface area contributed by atoms with Gasteiger partial charge in [-0.2, -0.15) is 0 Å². The van der Waals surface area contributed by atoms with Crippen LogP contribution in [0.3, 0.4) is 0 Å². The standard InChI is InChI=1S/C15H18N4O2/c1-10(20)17-8-13(21)9-18-12-2-3-14-11(6-12)7-15-16-4-5-19(14)15/h2-7,13,16,18,21H,8-9H2,1H3,(H,17,20)/t13-/m0/s1. The van der Waals surface area contributed by atoms with E-state index >= 15 is 0 Å². The Hall–Kier alpha value is -2.47. The second-order valence-corrected chi connectivity index (χ2v) is 5.11. The average molecular weight is 286 g/mol. The van der Waals surface area contributed by atoms with E-state index in [-0.39, 0.29) is 12.5 Å². The molecule has 2 heterocycles. The molecule has 21 heavy (non-hydrogen) atoms.